The minimum atomic E-state index is -1.08. The fourth-order valence-corrected chi connectivity index (χ4v) is 2.02. The Morgan fingerprint density at radius 3 is 2.68 bits per heavy atom. The number of likely N-dealkylation sites (tertiary alicyclic amines) is 1. The molecule has 0 bridgehead atoms. The molecular weight excluding hydrogens is 320 g/mol. The number of amides is 2. The van der Waals surface area contributed by atoms with Crippen LogP contribution in [0.2, 0.25) is 0 Å². The van der Waals surface area contributed by atoms with Crippen molar-refractivity contribution in [2.75, 3.05) is 6.54 Å². The summed E-state index contributed by atoms with van der Waals surface area (Å²) in [6.45, 7) is 0.205. The third kappa shape index (κ3) is 4.00. The summed E-state index contributed by atoms with van der Waals surface area (Å²) >= 11 is 3.07. The summed E-state index contributed by atoms with van der Waals surface area (Å²) in [4.78, 5) is 37.7. The summed E-state index contributed by atoms with van der Waals surface area (Å²) < 4.78 is 0. The predicted molar refractivity (Wildman–Crippen MR) is 70.5 cm³/mol. The summed E-state index contributed by atoms with van der Waals surface area (Å²) in [5.74, 6) is -2.09. The van der Waals surface area contributed by atoms with Crippen molar-refractivity contribution in [1.82, 2.24) is 4.90 Å². The lowest BCUT2D eigenvalue weighted by Gasteiger charge is -2.12. The summed E-state index contributed by atoms with van der Waals surface area (Å²) in [6, 6.07) is -0.946. The third-order valence-corrected chi connectivity index (χ3v) is 3.30. The number of halogens is 1. The van der Waals surface area contributed by atoms with Crippen LogP contribution in [-0.4, -0.2) is 51.2 Å². The Hall–Kier alpha value is -1.48. The summed E-state index contributed by atoms with van der Waals surface area (Å²) in [5, 5.41) is 8.57. The molecule has 2 atom stereocenters. The molecule has 0 spiro atoms. The van der Waals surface area contributed by atoms with Crippen molar-refractivity contribution >= 4 is 39.7 Å². The third-order valence-electron chi connectivity index (χ3n) is 2.58. The molecule has 1 aliphatic rings. The molecule has 19 heavy (non-hydrogen) atoms. The number of guanidine groups is 1. The van der Waals surface area contributed by atoms with Crippen LogP contribution in [0, 0.1) is 0 Å². The average molecular weight is 335 g/mol. The standard InChI is InChI=1S/C10H15BrN4O4/c11-5-4-7(16)15(8(5)17)10(13)14-3-1-2-6(12)9(18)19/h5-6H,1-4,12H2,(H2,13,14)(H,18,19). The van der Waals surface area contributed by atoms with Crippen LogP contribution >= 0.6 is 15.9 Å². The number of carboxylic acid groups (broad SMARTS) is 1. The highest BCUT2D eigenvalue weighted by atomic mass is 79.9. The van der Waals surface area contributed by atoms with Crippen molar-refractivity contribution in [2.45, 2.75) is 30.1 Å². The molecule has 2 unspecified atom stereocenters. The highest BCUT2D eigenvalue weighted by Crippen LogP contribution is 2.19. The Kier molecular flexibility index (Phi) is 5.43. The molecule has 1 rings (SSSR count). The number of alkyl halides is 1. The van der Waals surface area contributed by atoms with E-state index in [-0.39, 0.29) is 25.3 Å². The second-order valence-electron chi connectivity index (χ2n) is 4.07. The van der Waals surface area contributed by atoms with E-state index >= 15 is 0 Å². The Morgan fingerprint density at radius 1 is 1.58 bits per heavy atom. The van der Waals surface area contributed by atoms with Gasteiger partial charge in [0.15, 0.2) is 0 Å². The highest BCUT2D eigenvalue weighted by molar-refractivity contribution is 9.10. The molecule has 0 aliphatic carbocycles. The Morgan fingerprint density at radius 2 is 2.21 bits per heavy atom. The van der Waals surface area contributed by atoms with Crippen LogP contribution in [0.25, 0.3) is 0 Å². The molecule has 0 aromatic rings. The quantitative estimate of drug-likeness (QED) is 0.194. The van der Waals surface area contributed by atoms with Crippen LogP contribution in [0.1, 0.15) is 19.3 Å². The smallest absolute Gasteiger partial charge is 0.320 e. The summed E-state index contributed by atoms with van der Waals surface area (Å²) in [5.41, 5.74) is 10.9. The molecule has 1 saturated heterocycles. The molecular formula is C10H15BrN4O4. The van der Waals surface area contributed by atoms with Crippen molar-refractivity contribution in [3.63, 3.8) is 0 Å². The monoisotopic (exact) mass is 334 g/mol. The van der Waals surface area contributed by atoms with Crippen LogP contribution in [0.4, 0.5) is 0 Å². The number of aliphatic imine (C=N–C) groups is 1. The van der Waals surface area contributed by atoms with E-state index in [1.165, 1.54) is 0 Å². The SMILES string of the molecule is NC(=NCCCC(N)C(=O)O)N1C(=O)CC(Br)C1=O. The zero-order valence-electron chi connectivity index (χ0n) is 10.1. The number of carbonyl (C=O) groups excluding carboxylic acids is 2. The first kappa shape index (κ1) is 15.6. The van der Waals surface area contributed by atoms with Crippen LogP contribution < -0.4 is 11.5 Å². The van der Waals surface area contributed by atoms with Gasteiger partial charge in [0.1, 0.15) is 10.9 Å². The molecule has 5 N–H and O–H groups in total. The van der Waals surface area contributed by atoms with Gasteiger partial charge in [-0.25, -0.2) is 4.90 Å². The van der Waals surface area contributed by atoms with Crippen molar-refractivity contribution in [3.05, 3.63) is 0 Å². The van der Waals surface area contributed by atoms with Gasteiger partial charge in [0.05, 0.1) is 0 Å². The van der Waals surface area contributed by atoms with Gasteiger partial charge in [0, 0.05) is 13.0 Å². The van der Waals surface area contributed by atoms with Crippen LogP contribution in [-0.2, 0) is 14.4 Å². The number of nitrogens with two attached hydrogens (primary N) is 2. The molecule has 0 aromatic heterocycles. The molecule has 2 amide bonds. The van der Waals surface area contributed by atoms with E-state index in [1.807, 2.05) is 0 Å². The molecule has 0 radical (unpaired) electrons. The lowest BCUT2D eigenvalue weighted by Crippen LogP contribution is -2.42. The molecule has 0 aromatic carbocycles. The average Bonchev–Trinajstić information content (AvgIpc) is 2.58. The Labute approximate surface area is 117 Å². The van der Waals surface area contributed by atoms with Gasteiger partial charge >= 0.3 is 5.97 Å². The zero-order valence-corrected chi connectivity index (χ0v) is 11.7. The van der Waals surface area contributed by atoms with Crippen molar-refractivity contribution < 1.29 is 19.5 Å². The van der Waals surface area contributed by atoms with Gasteiger partial charge in [0.25, 0.3) is 0 Å². The van der Waals surface area contributed by atoms with Crippen molar-refractivity contribution in [3.8, 4) is 0 Å². The molecule has 1 fully saturated rings. The van der Waals surface area contributed by atoms with Gasteiger partial charge in [0.2, 0.25) is 17.8 Å². The fourth-order valence-electron chi connectivity index (χ4n) is 1.53. The molecule has 8 nitrogen and oxygen atoms in total. The molecule has 1 heterocycles. The minimum Gasteiger partial charge on any atom is -0.480 e. The summed E-state index contributed by atoms with van der Waals surface area (Å²) in [7, 11) is 0. The number of hydrogen-bond donors (Lipinski definition) is 3. The normalized spacial score (nSPS) is 21.9. The van der Waals surface area contributed by atoms with E-state index < -0.39 is 28.7 Å². The summed E-state index contributed by atoms with van der Waals surface area (Å²) in [6.07, 6.45) is 0.705. The maximum absolute atomic E-state index is 11.6. The first-order valence-electron chi connectivity index (χ1n) is 5.63. The fraction of sp³-hybridized carbons (Fsp3) is 0.600. The highest BCUT2D eigenvalue weighted by Gasteiger charge is 2.39. The first-order chi connectivity index (χ1) is 8.84. The number of carboxylic acids is 1. The lowest BCUT2D eigenvalue weighted by atomic mass is 10.2. The van der Waals surface area contributed by atoms with E-state index in [0.29, 0.717) is 6.42 Å². The van der Waals surface area contributed by atoms with E-state index in [0.717, 1.165) is 4.90 Å². The minimum absolute atomic E-state index is 0.0545. The van der Waals surface area contributed by atoms with Gasteiger partial charge < -0.3 is 16.6 Å². The largest absolute Gasteiger partial charge is 0.480 e. The van der Waals surface area contributed by atoms with E-state index in [1.54, 1.807) is 0 Å². The van der Waals surface area contributed by atoms with E-state index in [9.17, 15) is 14.4 Å². The lowest BCUT2D eigenvalue weighted by molar-refractivity contribution is -0.138. The van der Waals surface area contributed by atoms with Gasteiger partial charge in [-0.15, -0.1) is 0 Å². The second-order valence-corrected chi connectivity index (χ2v) is 5.17. The maximum atomic E-state index is 11.6. The number of hydrogen-bond acceptors (Lipinski definition) is 5. The first-order valence-corrected chi connectivity index (χ1v) is 6.55. The van der Waals surface area contributed by atoms with Crippen LogP contribution in [0.5, 0.6) is 0 Å². The zero-order chi connectivity index (χ0) is 14.6. The number of imide groups is 1. The second kappa shape index (κ2) is 6.62. The van der Waals surface area contributed by atoms with Gasteiger partial charge in [-0.2, -0.15) is 0 Å². The number of rotatable bonds is 5. The van der Waals surface area contributed by atoms with Crippen LogP contribution in [0.15, 0.2) is 4.99 Å². The van der Waals surface area contributed by atoms with Gasteiger partial charge in [-0.3, -0.25) is 19.4 Å². The maximum Gasteiger partial charge on any atom is 0.320 e. The molecule has 106 valence electrons. The van der Waals surface area contributed by atoms with Gasteiger partial charge in [-0.1, -0.05) is 15.9 Å². The number of carbonyl (C=O) groups is 3. The molecule has 1 aliphatic heterocycles. The van der Waals surface area contributed by atoms with E-state index in [4.69, 9.17) is 16.6 Å². The van der Waals surface area contributed by atoms with Gasteiger partial charge in [-0.05, 0) is 12.8 Å². The Balaban J connectivity index is 2.47. The Bertz CT molecular complexity index is 426. The van der Waals surface area contributed by atoms with Crippen LogP contribution in [0.3, 0.4) is 0 Å². The predicted octanol–water partition coefficient (Wildman–Crippen LogP) is -0.984. The molecule has 9 heteroatoms. The van der Waals surface area contributed by atoms with Crippen molar-refractivity contribution in [1.29, 1.82) is 0 Å². The number of nitrogens with zero attached hydrogens (tertiary/aromatic N) is 2. The molecule has 0 saturated carbocycles. The van der Waals surface area contributed by atoms with Crippen molar-refractivity contribution in [2.24, 2.45) is 16.5 Å². The topological polar surface area (TPSA) is 139 Å². The van der Waals surface area contributed by atoms with E-state index in [2.05, 4.69) is 20.9 Å². The number of aliphatic carboxylic acids is 1.